The predicted octanol–water partition coefficient (Wildman–Crippen LogP) is 1.53. The van der Waals surface area contributed by atoms with E-state index >= 15 is 0 Å². The summed E-state index contributed by atoms with van der Waals surface area (Å²) >= 11 is 13.7. The van der Waals surface area contributed by atoms with E-state index in [0.717, 1.165) is 15.5 Å². The summed E-state index contributed by atoms with van der Waals surface area (Å²) in [6, 6.07) is 5.40. The van der Waals surface area contributed by atoms with Crippen molar-refractivity contribution >= 4 is 46.6 Å². The molecule has 0 spiro atoms. The van der Waals surface area contributed by atoms with E-state index in [-0.39, 0.29) is 0 Å². The molecule has 1 aromatic carbocycles. The van der Waals surface area contributed by atoms with Crippen LogP contribution < -0.4 is 21.8 Å². The molecule has 7 nitrogen and oxygen atoms in total. The standard InChI is InChI=1S/C13H13Cl2N7S/c1-6-10(23-9-4-3-7(14)5-8(9)15)11(16-2)18-12(17-6)13-19-21-22-20-13/h3-5,21-22H,1-2H3,(H,19,20)(H,16,17,18)/p+1. The molecule has 2 heterocycles. The number of hydrogen-bond donors (Lipinski definition) is 4. The first-order valence-corrected chi connectivity index (χ1v) is 8.26. The first-order chi connectivity index (χ1) is 11.1. The van der Waals surface area contributed by atoms with E-state index in [0.29, 0.717) is 27.5 Å². The molecule has 3 rings (SSSR count). The van der Waals surface area contributed by atoms with E-state index in [1.165, 1.54) is 11.8 Å². The van der Waals surface area contributed by atoms with Crippen LogP contribution in [-0.2, 0) is 0 Å². The highest BCUT2D eigenvalue weighted by Gasteiger charge is 2.19. The number of quaternary nitrogens is 1. The molecule has 0 fully saturated rings. The Morgan fingerprint density at radius 3 is 2.74 bits per heavy atom. The van der Waals surface area contributed by atoms with E-state index in [1.807, 2.05) is 20.0 Å². The van der Waals surface area contributed by atoms with Gasteiger partial charge in [0.05, 0.1) is 15.6 Å². The number of amidine groups is 1. The zero-order valence-electron chi connectivity index (χ0n) is 12.3. The van der Waals surface area contributed by atoms with Crippen LogP contribution in [0.4, 0.5) is 5.82 Å². The van der Waals surface area contributed by atoms with Crippen molar-refractivity contribution < 1.29 is 5.53 Å². The molecule has 0 saturated heterocycles. The molecule has 0 aliphatic carbocycles. The quantitative estimate of drug-likeness (QED) is 0.610. The fourth-order valence-electron chi connectivity index (χ4n) is 1.97. The van der Waals surface area contributed by atoms with Gasteiger partial charge in [0.15, 0.2) is 0 Å². The number of nitrogens with zero attached hydrogens (tertiary/aromatic N) is 3. The Labute approximate surface area is 147 Å². The molecular formula is C13H14Cl2N7S+. The average molecular weight is 371 g/mol. The molecule has 10 heteroatoms. The molecule has 0 saturated carbocycles. The van der Waals surface area contributed by atoms with Gasteiger partial charge in [-0.15, -0.1) is 5.53 Å². The Balaban J connectivity index is 1.98. The van der Waals surface area contributed by atoms with E-state index in [1.54, 1.807) is 17.7 Å². The van der Waals surface area contributed by atoms with Crippen LogP contribution >= 0.6 is 35.0 Å². The first kappa shape index (κ1) is 16.3. The fraction of sp³-hybridized carbons (Fsp3) is 0.154. The van der Waals surface area contributed by atoms with Crippen molar-refractivity contribution in [1.29, 1.82) is 0 Å². The number of nitrogens with two attached hydrogens (primary N) is 1. The lowest BCUT2D eigenvalue weighted by Crippen LogP contribution is -2.87. The molecule has 0 radical (unpaired) electrons. The Morgan fingerprint density at radius 2 is 2.09 bits per heavy atom. The van der Waals surface area contributed by atoms with Crippen LogP contribution in [0.1, 0.15) is 11.5 Å². The number of aromatic nitrogens is 2. The van der Waals surface area contributed by atoms with Crippen LogP contribution in [-0.4, -0.2) is 22.9 Å². The van der Waals surface area contributed by atoms with Crippen molar-refractivity contribution in [2.75, 3.05) is 12.4 Å². The molecular weight excluding hydrogens is 357 g/mol. The molecule has 0 unspecified atom stereocenters. The van der Waals surface area contributed by atoms with Gasteiger partial charge in [0.1, 0.15) is 5.82 Å². The van der Waals surface area contributed by atoms with Gasteiger partial charge in [0, 0.05) is 17.0 Å². The highest BCUT2D eigenvalue weighted by atomic mass is 35.5. The second-order valence-electron chi connectivity index (χ2n) is 4.61. The van der Waals surface area contributed by atoms with Gasteiger partial charge >= 0.3 is 0 Å². The smallest absolute Gasteiger partial charge is 0.247 e. The van der Waals surface area contributed by atoms with Crippen LogP contribution in [0, 0.1) is 6.92 Å². The minimum absolute atomic E-state index is 0.514. The van der Waals surface area contributed by atoms with Gasteiger partial charge in [0.2, 0.25) is 11.7 Å². The summed E-state index contributed by atoms with van der Waals surface area (Å²) in [6.07, 6.45) is 0. The third kappa shape index (κ3) is 3.51. The summed E-state index contributed by atoms with van der Waals surface area (Å²) < 4.78 is 0. The lowest BCUT2D eigenvalue weighted by molar-refractivity contribution is -0.713. The summed E-state index contributed by atoms with van der Waals surface area (Å²) in [5.41, 5.74) is 8.04. The van der Waals surface area contributed by atoms with Crippen molar-refractivity contribution in [3.05, 3.63) is 39.8 Å². The summed E-state index contributed by atoms with van der Waals surface area (Å²) in [5, 5.41) is 8.42. The summed E-state index contributed by atoms with van der Waals surface area (Å²) in [5.74, 6) is 1.80. The van der Waals surface area contributed by atoms with Gasteiger partial charge in [-0.25, -0.2) is 9.97 Å². The minimum Gasteiger partial charge on any atom is -0.372 e. The first-order valence-electron chi connectivity index (χ1n) is 6.69. The topological polar surface area (TPSA) is 90.8 Å². The monoisotopic (exact) mass is 370 g/mol. The van der Waals surface area contributed by atoms with Crippen LogP contribution in [0.25, 0.3) is 0 Å². The maximum Gasteiger partial charge on any atom is 0.247 e. The summed E-state index contributed by atoms with van der Waals surface area (Å²) in [6.45, 7) is 1.92. The largest absolute Gasteiger partial charge is 0.372 e. The maximum absolute atomic E-state index is 6.25. The number of halogens is 2. The molecule has 120 valence electrons. The van der Waals surface area contributed by atoms with Crippen molar-refractivity contribution in [2.24, 2.45) is 5.10 Å². The van der Waals surface area contributed by atoms with Gasteiger partial charge < -0.3 is 5.32 Å². The SMILES string of the molecule is CNc1nc(C2=N[NH2+]NN2)nc(C)c1Sc1ccc(Cl)cc1Cl. The van der Waals surface area contributed by atoms with E-state index in [4.69, 9.17) is 23.2 Å². The Hall–Kier alpha value is -1.58. The third-order valence-corrected chi connectivity index (χ3v) is 4.97. The molecule has 0 atom stereocenters. The molecule has 0 bridgehead atoms. The van der Waals surface area contributed by atoms with Crippen LogP contribution in [0.15, 0.2) is 33.1 Å². The van der Waals surface area contributed by atoms with Crippen molar-refractivity contribution in [3.8, 4) is 0 Å². The van der Waals surface area contributed by atoms with Gasteiger partial charge in [0.25, 0.3) is 0 Å². The van der Waals surface area contributed by atoms with Crippen molar-refractivity contribution in [3.63, 3.8) is 0 Å². The molecule has 1 aliphatic heterocycles. The van der Waals surface area contributed by atoms with E-state index in [2.05, 4.69) is 31.3 Å². The zero-order valence-corrected chi connectivity index (χ0v) is 14.6. The lowest BCUT2D eigenvalue weighted by atomic mass is 10.4. The fourth-order valence-corrected chi connectivity index (χ4v) is 3.45. The highest BCUT2D eigenvalue weighted by molar-refractivity contribution is 7.99. The third-order valence-electron chi connectivity index (χ3n) is 3.04. The number of anilines is 1. The summed E-state index contributed by atoms with van der Waals surface area (Å²) in [4.78, 5) is 10.8. The Bertz CT molecular complexity index is 781. The molecule has 23 heavy (non-hydrogen) atoms. The van der Waals surface area contributed by atoms with Crippen molar-refractivity contribution in [1.82, 2.24) is 20.9 Å². The normalized spacial score (nSPS) is 13.7. The Morgan fingerprint density at radius 1 is 1.26 bits per heavy atom. The molecule has 1 aromatic heterocycles. The van der Waals surface area contributed by atoms with Gasteiger partial charge in [-0.05, 0) is 30.2 Å². The van der Waals surface area contributed by atoms with Crippen LogP contribution in [0.2, 0.25) is 10.0 Å². The molecule has 2 aromatic rings. The molecule has 1 aliphatic rings. The Kier molecular flexibility index (Phi) is 4.88. The van der Waals surface area contributed by atoms with Crippen molar-refractivity contribution in [2.45, 2.75) is 16.7 Å². The van der Waals surface area contributed by atoms with Gasteiger partial charge in [-0.2, -0.15) is 0 Å². The number of rotatable bonds is 4. The predicted molar refractivity (Wildman–Crippen MR) is 91.6 cm³/mol. The number of nitrogens with one attached hydrogen (secondary N) is 3. The van der Waals surface area contributed by atoms with E-state index in [9.17, 15) is 0 Å². The lowest BCUT2D eigenvalue weighted by Gasteiger charge is -2.13. The van der Waals surface area contributed by atoms with Gasteiger partial charge in [-0.1, -0.05) is 40.5 Å². The zero-order chi connectivity index (χ0) is 16.4. The average Bonchev–Trinajstić information content (AvgIpc) is 3.05. The highest BCUT2D eigenvalue weighted by Crippen LogP contribution is 2.38. The number of benzene rings is 1. The second-order valence-corrected chi connectivity index (χ2v) is 6.51. The van der Waals surface area contributed by atoms with Crippen LogP contribution in [0.3, 0.4) is 0 Å². The number of hydrogen-bond acceptors (Lipinski definition) is 7. The summed E-state index contributed by atoms with van der Waals surface area (Å²) in [7, 11) is 1.81. The van der Waals surface area contributed by atoms with E-state index < -0.39 is 0 Å². The van der Waals surface area contributed by atoms with Crippen LogP contribution in [0.5, 0.6) is 0 Å². The molecule has 0 amide bonds. The minimum atomic E-state index is 0.514. The van der Waals surface area contributed by atoms with Gasteiger partial charge in [-0.3, -0.25) is 5.43 Å². The second kappa shape index (κ2) is 6.90. The number of aryl methyl sites for hydroxylation is 1. The maximum atomic E-state index is 6.25. The number of hydrazine groups is 1. The molecule has 5 N–H and O–H groups in total.